The molecule has 8 nitrogen and oxygen atoms in total. The van der Waals surface area contributed by atoms with E-state index in [1.165, 1.54) is 31.2 Å². The molecule has 8 heteroatoms. The fourth-order valence-electron chi connectivity index (χ4n) is 3.08. The molecule has 0 aromatic heterocycles. The molecule has 158 valence electrons. The number of nitrogens with one attached hydrogen (secondary N) is 1. The number of benzene rings is 2. The average Bonchev–Trinajstić information content (AvgIpc) is 3.01. The first-order valence-electron chi connectivity index (χ1n) is 9.48. The van der Waals surface area contributed by atoms with E-state index >= 15 is 0 Å². The highest BCUT2D eigenvalue weighted by Gasteiger charge is 2.32. The summed E-state index contributed by atoms with van der Waals surface area (Å²) in [5.74, 6) is -0.673. The largest absolute Gasteiger partial charge is 0.483 e. The van der Waals surface area contributed by atoms with Crippen LogP contribution in [-0.4, -0.2) is 36.1 Å². The first kappa shape index (κ1) is 21.2. The second-order valence-corrected chi connectivity index (χ2v) is 7.63. The normalized spacial score (nSPS) is 14.8. The molecule has 1 aliphatic rings. The molecule has 0 spiro atoms. The Balaban J connectivity index is 1.51. The Kier molecular flexibility index (Phi) is 5.96. The maximum atomic E-state index is 12.2. The zero-order valence-electron chi connectivity index (χ0n) is 17.1. The Bertz CT molecular complexity index is 968. The minimum absolute atomic E-state index is 0.324. The molecule has 0 fully saturated rings. The number of esters is 1. The van der Waals surface area contributed by atoms with Gasteiger partial charge in [0.25, 0.3) is 5.91 Å². The standard InChI is InChI=1S/C22H24N2O6/c1-13(21(27)24-16-9-7-14(8-10-16)20(23)26)29-18(25)12-28-17-6-4-5-15-11-22(2,3)30-19(15)17/h4-10,13H,11-12H2,1-3H3,(H2,23,26)(H,24,27)/t13-/m0/s1. The molecule has 2 amide bonds. The lowest BCUT2D eigenvalue weighted by Crippen LogP contribution is -2.31. The van der Waals surface area contributed by atoms with Crippen molar-refractivity contribution in [3.8, 4) is 11.5 Å². The Hall–Kier alpha value is -3.55. The minimum Gasteiger partial charge on any atom is -0.483 e. The smallest absolute Gasteiger partial charge is 0.344 e. The predicted molar refractivity (Wildman–Crippen MR) is 109 cm³/mol. The van der Waals surface area contributed by atoms with Crippen molar-refractivity contribution in [3.63, 3.8) is 0 Å². The molecule has 1 heterocycles. The molecule has 0 unspecified atom stereocenters. The summed E-state index contributed by atoms with van der Waals surface area (Å²) in [5.41, 5.74) is 6.64. The van der Waals surface area contributed by atoms with Crippen LogP contribution < -0.4 is 20.5 Å². The van der Waals surface area contributed by atoms with Gasteiger partial charge < -0.3 is 25.3 Å². The summed E-state index contributed by atoms with van der Waals surface area (Å²) >= 11 is 0. The number of rotatable bonds is 7. The van der Waals surface area contributed by atoms with Gasteiger partial charge in [-0.3, -0.25) is 9.59 Å². The molecular formula is C22H24N2O6. The van der Waals surface area contributed by atoms with Crippen LogP contribution in [0.25, 0.3) is 0 Å². The summed E-state index contributed by atoms with van der Waals surface area (Å²) in [6, 6.07) is 11.6. The predicted octanol–water partition coefficient (Wildman–Crippen LogP) is 2.45. The number of anilines is 1. The fraction of sp³-hybridized carbons (Fsp3) is 0.318. The minimum atomic E-state index is -1.03. The summed E-state index contributed by atoms with van der Waals surface area (Å²) < 4.78 is 16.6. The van der Waals surface area contributed by atoms with E-state index in [-0.39, 0.29) is 12.2 Å². The monoisotopic (exact) mass is 412 g/mol. The van der Waals surface area contributed by atoms with Gasteiger partial charge in [0.2, 0.25) is 5.91 Å². The summed E-state index contributed by atoms with van der Waals surface area (Å²) in [5, 5.41) is 2.60. The van der Waals surface area contributed by atoms with E-state index < -0.39 is 23.9 Å². The van der Waals surface area contributed by atoms with E-state index in [0.29, 0.717) is 22.7 Å². The van der Waals surface area contributed by atoms with Crippen molar-refractivity contribution in [2.24, 2.45) is 5.73 Å². The maximum Gasteiger partial charge on any atom is 0.344 e. The van der Waals surface area contributed by atoms with Crippen LogP contribution in [0.3, 0.4) is 0 Å². The number of carbonyl (C=O) groups excluding carboxylic acids is 3. The van der Waals surface area contributed by atoms with Gasteiger partial charge in [-0.2, -0.15) is 0 Å². The van der Waals surface area contributed by atoms with Gasteiger partial charge in [0.15, 0.2) is 24.2 Å². The third kappa shape index (κ3) is 5.08. The van der Waals surface area contributed by atoms with E-state index in [0.717, 1.165) is 12.0 Å². The third-order valence-electron chi connectivity index (χ3n) is 4.51. The van der Waals surface area contributed by atoms with Gasteiger partial charge in [0.1, 0.15) is 5.60 Å². The highest BCUT2D eigenvalue weighted by Crippen LogP contribution is 2.41. The number of carbonyl (C=O) groups is 3. The van der Waals surface area contributed by atoms with Crippen molar-refractivity contribution >= 4 is 23.5 Å². The van der Waals surface area contributed by atoms with Crippen molar-refractivity contribution in [2.75, 3.05) is 11.9 Å². The fourth-order valence-corrected chi connectivity index (χ4v) is 3.08. The van der Waals surface area contributed by atoms with Gasteiger partial charge in [-0.15, -0.1) is 0 Å². The molecule has 3 rings (SSSR count). The average molecular weight is 412 g/mol. The SMILES string of the molecule is C[C@H](OC(=O)COc1cccc2c1OC(C)(C)C2)C(=O)Nc1ccc(C(N)=O)cc1. The van der Waals surface area contributed by atoms with Crippen LogP contribution in [0.15, 0.2) is 42.5 Å². The number of hydrogen-bond acceptors (Lipinski definition) is 6. The maximum absolute atomic E-state index is 12.2. The Morgan fingerprint density at radius 3 is 2.53 bits per heavy atom. The molecule has 2 aromatic carbocycles. The van der Waals surface area contributed by atoms with Crippen LogP contribution in [0.1, 0.15) is 36.7 Å². The number of primary amides is 1. The molecule has 0 aliphatic carbocycles. The summed E-state index contributed by atoms with van der Waals surface area (Å²) in [7, 11) is 0. The molecule has 0 saturated heterocycles. The number of para-hydroxylation sites is 1. The molecule has 3 N–H and O–H groups in total. The first-order valence-corrected chi connectivity index (χ1v) is 9.48. The number of hydrogen-bond donors (Lipinski definition) is 2. The Labute approximate surface area is 174 Å². The van der Waals surface area contributed by atoms with Crippen LogP contribution in [0, 0.1) is 0 Å². The topological polar surface area (TPSA) is 117 Å². The molecular weight excluding hydrogens is 388 g/mol. The molecule has 0 bridgehead atoms. The quantitative estimate of drug-likeness (QED) is 0.675. The van der Waals surface area contributed by atoms with E-state index in [9.17, 15) is 14.4 Å². The second-order valence-electron chi connectivity index (χ2n) is 7.63. The number of amides is 2. The summed E-state index contributed by atoms with van der Waals surface area (Å²) in [6.45, 7) is 5.06. The van der Waals surface area contributed by atoms with Crippen LogP contribution in [0.2, 0.25) is 0 Å². The van der Waals surface area contributed by atoms with E-state index in [2.05, 4.69) is 5.32 Å². The lowest BCUT2D eigenvalue weighted by molar-refractivity contribution is -0.155. The zero-order chi connectivity index (χ0) is 21.9. The molecule has 0 saturated carbocycles. The molecule has 0 radical (unpaired) electrons. The lowest BCUT2D eigenvalue weighted by Gasteiger charge is -2.18. The van der Waals surface area contributed by atoms with Gasteiger partial charge >= 0.3 is 5.97 Å². The van der Waals surface area contributed by atoms with Crippen LogP contribution in [0.5, 0.6) is 11.5 Å². The third-order valence-corrected chi connectivity index (χ3v) is 4.51. The molecule has 1 aliphatic heterocycles. The zero-order valence-corrected chi connectivity index (χ0v) is 17.1. The Morgan fingerprint density at radius 1 is 1.17 bits per heavy atom. The molecule has 2 aromatic rings. The van der Waals surface area contributed by atoms with Gasteiger partial charge in [-0.1, -0.05) is 12.1 Å². The lowest BCUT2D eigenvalue weighted by atomic mass is 10.0. The highest BCUT2D eigenvalue weighted by molar-refractivity contribution is 5.96. The van der Waals surface area contributed by atoms with Crippen molar-refractivity contribution in [1.29, 1.82) is 0 Å². The van der Waals surface area contributed by atoms with E-state index in [4.69, 9.17) is 19.9 Å². The van der Waals surface area contributed by atoms with E-state index in [1.54, 1.807) is 6.07 Å². The summed E-state index contributed by atoms with van der Waals surface area (Å²) in [4.78, 5) is 35.4. The summed E-state index contributed by atoms with van der Waals surface area (Å²) in [6.07, 6.45) is -0.282. The van der Waals surface area contributed by atoms with E-state index in [1.807, 2.05) is 26.0 Å². The molecule has 1 atom stereocenters. The number of ether oxygens (including phenoxy) is 3. The van der Waals surface area contributed by atoms with Crippen molar-refractivity contribution in [1.82, 2.24) is 0 Å². The van der Waals surface area contributed by atoms with Crippen LogP contribution in [0.4, 0.5) is 5.69 Å². The van der Waals surface area contributed by atoms with Crippen molar-refractivity contribution in [3.05, 3.63) is 53.6 Å². The van der Waals surface area contributed by atoms with Crippen molar-refractivity contribution < 1.29 is 28.6 Å². The number of nitrogens with two attached hydrogens (primary N) is 1. The first-order chi connectivity index (χ1) is 14.1. The number of fused-ring (bicyclic) bond motifs is 1. The van der Waals surface area contributed by atoms with Gasteiger partial charge in [-0.25, -0.2) is 4.79 Å². The second kappa shape index (κ2) is 8.44. The van der Waals surface area contributed by atoms with Crippen LogP contribution in [-0.2, 0) is 20.7 Å². The highest BCUT2D eigenvalue weighted by atomic mass is 16.6. The Morgan fingerprint density at radius 2 is 1.87 bits per heavy atom. The van der Waals surface area contributed by atoms with Gasteiger partial charge in [0.05, 0.1) is 0 Å². The molecule has 30 heavy (non-hydrogen) atoms. The van der Waals surface area contributed by atoms with Crippen molar-refractivity contribution in [2.45, 2.75) is 38.9 Å². The van der Waals surface area contributed by atoms with Crippen LogP contribution >= 0.6 is 0 Å². The van der Waals surface area contributed by atoms with Gasteiger partial charge in [-0.05, 0) is 51.1 Å². The van der Waals surface area contributed by atoms with Gasteiger partial charge in [0, 0.05) is 23.2 Å².